The van der Waals surface area contributed by atoms with Crippen LogP contribution >= 0.6 is 0 Å². The highest BCUT2D eigenvalue weighted by molar-refractivity contribution is 5.71. The highest BCUT2D eigenvalue weighted by atomic mass is 16.1. The number of nitrogens with zero attached hydrogens (tertiary/aromatic N) is 4. The summed E-state index contributed by atoms with van der Waals surface area (Å²) in [6.45, 7) is 1.97. The molecule has 0 fully saturated rings. The molecule has 0 aliphatic carbocycles. The van der Waals surface area contributed by atoms with E-state index in [2.05, 4.69) is 15.2 Å². The van der Waals surface area contributed by atoms with Crippen molar-refractivity contribution in [2.45, 2.75) is 6.92 Å². The van der Waals surface area contributed by atoms with E-state index in [9.17, 15) is 4.79 Å². The summed E-state index contributed by atoms with van der Waals surface area (Å²) in [4.78, 5) is 17.1. The second kappa shape index (κ2) is 4.95. The number of aromatic amines is 1. The molecule has 1 N–H and O–H groups in total. The summed E-state index contributed by atoms with van der Waals surface area (Å²) in [6, 6.07) is 11.4. The van der Waals surface area contributed by atoms with Gasteiger partial charge in [-0.15, -0.1) is 0 Å². The third-order valence-electron chi connectivity index (χ3n) is 3.92. The average molecular weight is 305 g/mol. The first kappa shape index (κ1) is 13.5. The summed E-state index contributed by atoms with van der Waals surface area (Å²) in [6.07, 6.45) is 3.55. The number of nitrogens with one attached hydrogen (secondary N) is 1. The lowest BCUT2D eigenvalue weighted by Gasteiger charge is -1.98. The fraction of sp³-hybridized carbons (Fsp3) is 0.118. The van der Waals surface area contributed by atoms with Crippen molar-refractivity contribution in [3.05, 3.63) is 64.7 Å². The molecule has 114 valence electrons. The minimum Gasteiger partial charge on any atom is -0.289 e. The van der Waals surface area contributed by atoms with E-state index in [-0.39, 0.29) is 5.56 Å². The molecule has 0 atom stereocenters. The second-order valence-corrected chi connectivity index (χ2v) is 5.52. The van der Waals surface area contributed by atoms with E-state index in [1.54, 1.807) is 10.9 Å². The summed E-state index contributed by atoms with van der Waals surface area (Å²) < 4.78 is 3.18. The van der Waals surface area contributed by atoms with Gasteiger partial charge in [0.15, 0.2) is 5.65 Å². The number of aromatic nitrogens is 5. The summed E-state index contributed by atoms with van der Waals surface area (Å²) in [5, 5.41) is 7.29. The van der Waals surface area contributed by atoms with Crippen LogP contribution < -0.4 is 5.56 Å². The Morgan fingerprint density at radius 1 is 1.13 bits per heavy atom. The zero-order valence-corrected chi connectivity index (χ0v) is 12.8. The van der Waals surface area contributed by atoms with E-state index >= 15 is 0 Å². The lowest BCUT2D eigenvalue weighted by Crippen LogP contribution is -2.14. The lowest BCUT2D eigenvalue weighted by molar-refractivity contribution is 0.768. The molecule has 6 nitrogen and oxygen atoms in total. The summed E-state index contributed by atoms with van der Waals surface area (Å²) >= 11 is 0. The van der Waals surface area contributed by atoms with Gasteiger partial charge in [0.05, 0.1) is 17.6 Å². The van der Waals surface area contributed by atoms with Gasteiger partial charge < -0.3 is 0 Å². The number of aryl methyl sites for hydroxylation is 2. The summed E-state index contributed by atoms with van der Waals surface area (Å²) in [5.41, 5.74) is 4.82. The maximum atomic E-state index is 12.4. The fourth-order valence-corrected chi connectivity index (χ4v) is 2.74. The van der Waals surface area contributed by atoms with Gasteiger partial charge in [-0.2, -0.15) is 5.10 Å². The second-order valence-electron chi connectivity index (χ2n) is 5.52. The van der Waals surface area contributed by atoms with E-state index in [4.69, 9.17) is 0 Å². The molecule has 0 bridgehead atoms. The number of benzene rings is 1. The molecule has 0 spiro atoms. The molecule has 0 unspecified atom stereocenters. The van der Waals surface area contributed by atoms with Crippen molar-refractivity contribution >= 4 is 5.65 Å². The minimum absolute atomic E-state index is 0.140. The molecule has 0 radical (unpaired) electrons. The van der Waals surface area contributed by atoms with Crippen molar-refractivity contribution in [3.8, 4) is 22.5 Å². The molecule has 3 heterocycles. The SMILES string of the molecule is Cc1c(-c2ccccc2)[nH]n2c(=O)cc(-c3cnn(C)c3)nc12. The van der Waals surface area contributed by atoms with Crippen molar-refractivity contribution < 1.29 is 0 Å². The number of hydrogen-bond acceptors (Lipinski definition) is 3. The fourth-order valence-electron chi connectivity index (χ4n) is 2.74. The van der Waals surface area contributed by atoms with Gasteiger partial charge in [-0.05, 0) is 12.5 Å². The summed E-state index contributed by atoms with van der Waals surface area (Å²) in [7, 11) is 1.84. The quantitative estimate of drug-likeness (QED) is 0.618. The minimum atomic E-state index is -0.140. The van der Waals surface area contributed by atoms with E-state index in [1.807, 2.05) is 50.5 Å². The first-order chi connectivity index (χ1) is 11.1. The van der Waals surface area contributed by atoms with Gasteiger partial charge in [0.2, 0.25) is 0 Å². The van der Waals surface area contributed by atoms with Gasteiger partial charge in [0, 0.05) is 30.4 Å². The Morgan fingerprint density at radius 3 is 2.61 bits per heavy atom. The summed E-state index contributed by atoms with van der Waals surface area (Å²) in [5.74, 6) is 0. The third kappa shape index (κ3) is 2.15. The Hall–Kier alpha value is -3.15. The van der Waals surface area contributed by atoms with Crippen LogP contribution in [-0.2, 0) is 7.05 Å². The van der Waals surface area contributed by atoms with Crippen LogP contribution in [0.1, 0.15) is 5.56 Å². The standard InChI is InChI=1S/C17H15N5O/c1-11-16(12-6-4-3-5-7-12)20-22-15(23)8-14(19-17(11)22)13-9-18-21(2)10-13/h3-10,20H,1-2H3. The molecule has 3 aromatic heterocycles. The monoisotopic (exact) mass is 305 g/mol. The predicted octanol–water partition coefficient (Wildman–Crippen LogP) is 2.40. The Kier molecular flexibility index (Phi) is 2.90. The van der Waals surface area contributed by atoms with Gasteiger partial charge in [-0.25, -0.2) is 9.50 Å². The molecule has 0 aliphatic heterocycles. The first-order valence-corrected chi connectivity index (χ1v) is 7.30. The van der Waals surface area contributed by atoms with Crippen LogP contribution in [0.4, 0.5) is 0 Å². The van der Waals surface area contributed by atoms with E-state index in [0.717, 1.165) is 22.4 Å². The topological polar surface area (TPSA) is 68.0 Å². The van der Waals surface area contributed by atoms with E-state index < -0.39 is 0 Å². The molecule has 23 heavy (non-hydrogen) atoms. The van der Waals surface area contributed by atoms with Crippen LogP contribution in [-0.4, -0.2) is 24.4 Å². The molecule has 0 amide bonds. The van der Waals surface area contributed by atoms with Crippen LogP contribution in [0.25, 0.3) is 28.2 Å². The molecule has 0 saturated heterocycles. The van der Waals surface area contributed by atoms with Gasteiger partial charge >= 0.3 is 0 Å². The number of H-pyrrole nitrogens is 1. The third-order valence-corrected chi connectivity index (χ3v) is 3.92. The van der Waals surface area contributed by atoms with Crippen molar-refractivity contribution in [1.82, 2.24) is 24.4 Å². The number of rotatable bonds is 2. The van der Waals surface area contributed by atoms with Gasteiger partial charge in [0.1, 0.15) is 0 Å². The maximum Gasteiger partial charge on any atom is 0.273 e. The first-order valence-electron chi connectivity index (χ1n) is 7.30. The Balaban J connectivity index is 1.97. The highest BCUT2D eigenvalue weighted by Crippen LogP contribution is 2.24. The van der Waals surface area contributed by atoms with Crippen molar-refractivity contribution in [3.63, 3.8) is 0 Å². The van der Waals surface area contributed by atoms with Gasteiger partial charge in [-0.3, -0.25) is 14.6 Å². The Morgan fingerprint density at radius 2 is 1.91 bits per heavy atom. The zero-order chi connectivity index (χ0) is 16.0. The van der Waals surface area contributed by atoms with Crippen LogP contribution in [0.15, 0.2) is 53.6 Å². The van der Waals surface area contributed by atoms with Crippen LogP contribution in [0, 0.1) is 6.92 Å². The predicted molar refractivity (Wildman–Crippen MR) is 88.2 cm³/mol. The lowest BCUT2D eigenvalue weighted by atomic mass is 10.1. The molecule has 1 aromatic carbocycles. The molecule has 6 heteroatoms. The number of hydrogen-bond donors (Lipinski definition) is 1. The molecule has 4 rings (SSSR count). The van der Waals surface area contributed by atoms with E-state index in [0.29, 0.717) is 11.3 Å². The van der Waals surface area contributed by atoms with Crippen LogP contribution in [0.3, 0.4) is 0 Å². The molecule has 0 aliphatic rings. The Bertz CT molecular complexity index is 1060. The van der Waals surface area contributed by atoms with Gasteiger partial charge in [0.25, 0.3) is 5.56 Å². The van der Waals surface area contributed by atoms with Gasteiger partial charge in [-0.1, -0.05) is 30.3 Å². The normalized spacial score (nSPS) is 11.2. The smallest absolute Gasteiger partial charge is 0.273 e. The van der Waals surface area contributed by atoms with Crippen LogP contribution in [0.2, 0.25) is 0 Å². The molecular formula is C17H15N5O. The number of fused-ring (bicyclic) bond motifs is 1. The Labute approximate surface area is 132 Å². The largest absolute Gasteiger partial charge is 0.289 e. The molecular weight excluding hydrogens is 290 g/mol. The van der Waals surface area contributed by atoms with Crippen LogP contribution in [0.5, 0.6) is 0 Å². The average Bonchev–Trinajstić information content (AvgIpc) is 3.13. The zero-order valence-electron chi connectivity index (χ0n) is 12.8. The van der Waals surface area contributed by atoms with E-state index in [1.165, 1.54) is 10.6 Å². The van der Waals surface area contributed by atoms with Crippen molar-refractivity contribution in [2.75, 3.05) is 0 Å². The highest BCUT2D eigenvalue weighted by Gasteiger charge is 2.14. The molecule has 0 saturated carbocycles. The van der Waals surface area contributed by atoms with Crippen molar-refractivity contribution in [1.29, 1.82) is 0 Å². The molecule has 4 aromatic rings. The van der Waals surface area contributed by atoms with Crippen molar-refractivity contribution in [2.24, 2.45) is 7.05 Å². The maximum absolute atomic E-state index is 12.4.